The Morgan fingerprint density at radius 1 is 1.10 bits per heavy atom. The smallest absolute Gasteiger partial charge is 0.341 e. The molecule has 0 fully saturated rings. The normalized spacial score (nSPS) is 14.3. The number of thiophene rings is 1. The van der Waals surface area contributed by atoms with Gasteiger partial charge >= 0.3 is 10.1 Å². The summed E-state index contributed by atoms with van der Waals surface area (Å²) in [6, 6.07) is 6.66. The quantitative estimate of drug-likeness (QED) is 0.776. The van der Waals surface area contributed by atoms with Crippen LogP contribution in [-0.4, -0.2) is 8.42 Å². The van der Waals surface area contributed by atoms with E-state index in [0.29, 0.717) is 10.1 Å². The Morgan fingerprint density at radius 2 is 1.85 bits per heavy atom. The number of aryl methyl sites for hydroxylation is 2. The third-order valence-corrected chi connectivity index (χ3v) is 6.17. The fourth-order valence-corrected chi connectivity index (χ4v) is 5.30. The maximum atomic E-state index is 12.2. The molecule has 3 nitrogen and oxygen atoms in total. The van der Waals surface area contributed by atoms with Crippen molar-refractivity contribution in [2.45, 2.75) is 24.2 Å². The van der Waals surface area contributed by atoms with Crippen LogP contribution in [0.5, 0.6) is 5.75 Å². The van der Waals surface area contributed by atoms with Crippen molar-refractivity contribution in [1.29, 1.82) is 0 Å². The first kappa shape index (κ1) is 14.2. The van der Waals surface area contributed by atoms with Gasteiger partial charge in [-0.1, -0.05) is 29.3 Å². The molecule has 3 rings (SSSR count). The van der Waals surface area contributed by atoms with Gasteiger partial charge in [-0.2, -0.15) is 8.42 Å². The van der Waals surface area contributed by atoms with Gasteiger partial charge in [0.05, 0.1) is 4.34 Å². The number of hydrogen-bond donors (Lipinski definition) is 0. The molecule has 0 N–H and O–H groups in total. The number of halogens is 2. The lowest BCUT2D eigenvalue weighted by molar-refractivity contribution is 0.486. The van der Waals surface area contributed by atoms with Crippen molar-refractivity contribution in [3.63, 3.8) is 0 Å². The summed E-state index contributed by atoms with van der Waals surface area (Å²) in [6.45, 7) is 0. The molecular weight excluding hydrogens is 339 g/mol. The average Bonchev–Trinajstić information content (AvgIpc) is 2.94. The molecule has 1 aliphatic carbocycles. The minimum absolute atomic E-state index is 0.0883. The van der Waals surface area contributed by atoms with Gasteiger partial charge in [0, 0.05) is 0 Å². The van der Waals surface area contributed by atoms with Crippen LogP contribution >= 0.6 is 34.5 Å². The minimum atomic E-state index is -3.95. The monoisotopic (exact) mass is 348 g/mol. The van der Waals surface area contributed by atoms with Crippen LogP contribution in [0.2, 0.25) is 8.67 Å². The summed E-state index contributed by atoms with van der Waals surface area (Å²) in [4.78, 5) is -0.0883. The molecule has 0 atom stereocenters. The van der Waals surface area contributed by atoms with Crippen molar-refractivity contribution >= 4 is 44.7 Å². The number of hydrogen-bond acceptors (Lipinski definition) is 4. The van der Waals surface area contributed by atoms with E-state index in [0.717, 1.165) is 36.2 Å². The molecule has 1 aliphatic rings. The lowest BCUT2D eigenvalue weighted by Gasteiger charge is -2.07. The van der Waals surface area contributed by atoms with Gasteiger partial charge in [-0.3, -0.25) is 0 Å². The number of rotatable bonds is 3. The lowest BCUT2D eigenvalue weighted by atomic mass is 10.1. The van der Waals surface area contributed by atoms with E-state index in [2.05, 4.69) is 0 Å². The van der Waals surface area contributed by atoms with Crippen LogP contribution in [-0.2, 0) is 23.0 Å². The van der Waals surface area contributed by atoms with Crippen LogP contribution < -0.4 is 4.18 Å². The first-order valence-corrected chi connectivity index (χ1v) is 8.95. The molecule has 1 aromatic carbocycles. The molecule has 0 radical (unpaired) electrons. The van der Waals surface area contributed by atoms with Crippen LogP contribution in [0.1, 0.15) is 17.5 Å². The van der Waals surface area contributed by atoms with Crippen molar-refractivity contribution < 1.29 is 12.6 Å². The highest BCUT2D eigenvalue weighted by atomic mass is 35.5. The summed E-state index contributed by atoms with van der Waals surface area (Å²) in [7, 11) is -3.95. The Kier molecular flexibility index (Phi) is 3.71. The molecule has 2 aromatic rings. The summed E-state index contributed by atoms with van der Waals surface area (Å²) >= 11 is 12.6. The van der Waals surface area contributed by atoms with Gasteiger partial charge in [-0.05, 0) is 48.6 Å². The van der Waals surface area contributed by atoms with Gasteiger partial charge in [0.15, 0.2) is 0 Å². The Morgan fingerprint density at radius 3 is 2.55 bits per heavy atom. The Bertz CT molecular complexity index is 766. The van der Waals surface area contributed by atoms with Crippen LogP contribution in [0.3, 0.4) is 0 Å². The van der Waals surface area contributed by atoms with Crippen molar-refractivity contribution in [2.24, 2.45) is 0 Å². The molecule has 0 bridgehead atoms. The van der Waals surface area contributed by atoms with E-state index in [1.54, 1.807) is 12.1 Å². The van der Waals surface area contributed by atoms with Crippen molar-refractivity contribution in [2.75, 3.05) is 0 Å². The second-order valence-electron chi connectivity index (χ2n) is 4.51. The SMILES string of the molecule is O=S(=O)(Oc1ccc2c(c1)CCC2)c1cc(Cl)sc1Cl. The zero-order chi connectivity index (χ0) is 14.3. The van der Waals surface area contributed by atoms with Gasteiger partial charge in [-0.25, -0.2) is 0 Å². The standard InChI is InChI=1S/C13H10Cl2O3S2/c14-12-7-11(13(15)19-12)20(16,17)18-10-5-4-8-2-1-3-9(8)6-10/h4-7H,1-3H2. The summed E-state index contributed by atoms with van der Waals surface area (Å²) < 4.78 is 29.9. The average molecular weight is 349 g/mol. The highest BCUT2D eigenvalue weighted by Gasteiger charge is 2.24. The maximum Gasteiger partial charge on any atom is 0.341 e. The van der Waals surface area contributed by atoms with E-state index in [-0.39, 0.29) is 9.23 Å². The fourth-order valence-electron chi connectivity index (χ4n) is 2.27. The molecule has 0 spiro atoms. The maximum absolute atomic E-state index is 12.2. The van der Waals surface area contributed by atoms with Gasteiger partial charge in [0.1, 0.15) is 15.0 Å². The predicted molar refractivity (Wildman–Crippen MR) is 80.6 cm³/mol. The fraction of sp³-hybridized carbons (Fsp3) is 0.231. The summed E-state index contributed by atoms with van der Waals surface area (Å²) in [5.74, 6) is 0.309. The highest BCUT2D eigenvalue weighted by Crippen LogP contribution is 2.36. The zero-order valence-corrected chi connectivity index (χ0v) is 13.4. The topological polar surface area (TPSA) is 43.4 Å². The van der Waals surface area contributed by atoms with Gasteiger partial charge in [0.25, 0.3) is 0 Å². The van der Waals surface area contributed by atoms with E-state index >= 15 is 0 Å². The predicted octanol–water partition coefficient (Wildman–Crippen LogP) is 4.31. The summed E-state index contributed by atoms with van der Waals surface area (Å²) in [5.41, 5.74) is 2.40. The molecule has 20 heavy (non-hydrogen) atoms. The largest absolute Gasteiger partial charge is 0.379 e. The van der Waals surface area contributed by atoms with E-state index < -0.39 is 10.1 Å². The second kappa shape index (κ2) is 5.22. The van der Waals surface area contributed by atoms with Crippen molar-refractivity contribution in [3.05, 3.63) is 44.1 Å². The van der Waals surface area contributed by atoms with Crippen molar-refractivity contribution in [1.82, 2.24) is 0 Å². The Hall–Kier alpha value is -0.750. The van der Waals surface area contributed by atoms with Crippen LogP contribution in [0.15, 0.2) is 29.2 Å². The van der Waals surface area contributed by atoms with Gasteiger partial charge < -0.3 is 4.18 Å². The molecular formula is C13H10Cl2O3S2. The van der Waals surface area contributed by atoms with Gasteiger partial charge in [-0.15, -0.1) is 11.3 Å². The first-order valence-electron chi connectivity index (χ1n) is 5.97. The van der Waals surface area contributed by atoms with Crippen molar-refractivity contribution in [3.8, 4) is 5.75 Å². The third kappa shape index (κ3) is 2.68. The van der Waals surface area contributed by atoms with Crippen LogP contribution in [0, 0.1) is 0 Å². The Balaban J connectivity index is 1.92. The minimum Gasteiger partial charge on any atom is -0.379 e. The molecule has 7 heteroatoms. The molecule has 0 aliphatic heterocycles. The lowest BCUT2D eigenvalue weighted by Crippen LogP contribution is -2.09. The van der Waals surface area contributed by atoms with E-state index in [1.165, 1.54) is 11.6 Å². The zero-order valence-electron chi connectivity index (χ0n) is 10.2. The number of benzene rings is 1. The first-order chi connectivity index (χ1) is 9.45. The van der Waals surface area contributed by atoms with Crippen LogP contribution in [0.4, 0.5) is 0 Å². The van der Waals surface area contributed by atoms with Gasteiger partial charge in [0.2, 0.25) is 0 Å². The number of fused-ring (bicyclic) bond motifs is 1. The molecule has 1 heterocycles. The van der Waals surface area contributed by atoms with E-state index in [1.807, 2.05) is 6.07 Å². The van der Waals surface area contributed by atoms with Crippen LogP contribution in [0.25, 0.3) is 0 Å². The molecule has 0 amide bonds. The molecule has 106 valence electrons. The molecule has 0 unspecified atom stereocenters. The summed E-state index contributed by atoms with van der Waals surface area (Å²) in [5, 5.41) is 0. The molecule has 0 saturated heterocycles. The molecule has 1 aromatic heterocycles. The van der Waals surface area contributed by atoms with E-state index in [4.69, 9.17) is 27.4 Å². The Labute approximate surface area is 131 Å². The highest BCUT2D eigenvalue weighted by molar-refractivity contribution is 7.87. The molecule has 0 saturated carbocycles. The third-order valence-electron chi connectivity index (χ3n) is 3.17. The van der Waals surface area contributed by atoms with E-state index in [9.17, 15) is 8.42 Å². The summed E-state index contributed by atoms with van der Waals surface area (Å²) in [6.07, 6.45) is 3.09. The second-order valence-corrected chi connectivity index (χ2v) is 8.31.